The lowest BCUT2D eigenvalue weighted by Crippen LogP contribution is -2.08. The lowest BCUT2D eigenvalue weighted by atomic mass is 10.1. The molecule has 0 unspecified atom stereocenters. The maximum atomic E-state index is 13.2. The second-order valence-electron chi connectivity index (χ2n) is 2.98. The van der Waals surface area contributed by atoms with Crippen molar-refractivity contribution in [1.82, 2.24) is 4.98 Å². The Kier molecular flexibility index (Phi) is 4.12. The van der Waals surface area contributed by atoms with Crippen LogP contribution in [0.3, 0.4) is 0 Å². The number of aliphatic carboxylic acids is 1. The Morgan fingerprint density at radius 3 is 2.62 bits per heavy atom. The van der Waals surface area contributed by atoms with E-state index in [0.717, 1.165) is 6.07 Å². The van der Waals surface area contributed by atoms with Crippen molar-refractivity contribution >= 4 is 17.6 Å². The highest BCUT2D eigenvalue weighted by Gasteiger charge is 2.19. The number of carboxylic acid groups (broad SMARTS) is 1. The summed E-state index contributed by atoms with van der Waals surface area (Å²) in [4.78, 5) is 13.6. The van der Waals surface area contributed by atoms with Gasteiger partial charge in [-0.3, -0.25) is 4.79 Å². The standard InChI is InChI=1S/C9H7ClF3NO2/c10-3-6-5(8(11)12)1-4(2-7(15)16)9(13)14-6/h1,8H,2-3H2,(H,15,16). The van der Waals surface area contributed by atoms with Gasteiger partial charge in [0.05, 0.1) is 18.0 Å². The number of hydrogen-bond acceptors (Lipinski definition) is 2. The highest BCUT2D eigenvalue weighted by atomic mass is 35.5. The molecule has 16 heavy (non-hydrogen) atoms. The molecular weight excluding hydrogens is 247 g/mol. The van der Waals surface area contributed by atoms with Crippen LogP contribution in [0.2, 0.25) is 0 Å². The maximum Gasteiger partial charge on any atom is 0.307 e. The summed E-state index contributed by atoms with van der Waals surface area (Å²) in [5.41, 5.74) is -1.19. The van der Waals surface area contributed by atoms with Crippen LogP contribution in [0.4, 0.5) is 13.2 Å². The average Bonchev–Trinajstić information content (AvgIpc) is 2.19. The third-order valence-corrected chi connectivity index (χ3v) is 2.12. The number of pyridine rings is 1. The van der Waals surface area contributed by atoms with E-state index in [-0.39, 0.29) is 17.1 Å². The molecule has 0 fully saturated rings. The van der Waals surface area contributed by atoms with E-state index in [2.05, 4.69) is 4.98 Å². The van der Waals surface area contributed by atoms with Crippen LogP contribution in [0.15, 0.2) is 6.07 Å². The molecule has 0 aliphatic carbocycles. The second-order valence-corrected chi connectivity index (χ2v) is 3.25. The number of hydrogen-bond donors (Lipinski definition) is 1. The molecule has 1 aromatic rings. The van der Waals surface area contributed by atoms with Crippen LogP contribution in [-0.4, -0.2) is 16.1 Å². The van der Waals surface area contributed by atoms with Crippen molar-refractivity contribution in [1.29, 1.82) is 0 Å². The van der Waals surface area contributed by atoms with Gasteiger partial charge in [-0.05, 0) is 6.07 Å². The minimum Gasteiger partial charge on any atom is -0.481 e. The van der Waals surface area contributed by atoms with Gasteiger partial charge in [0.2, 0.25) is 5.95 Å². The minimum absolute atomic E-state index is 0.275. The highest BCUT2D eigenvalue weighted by molar-refractivity contribution is 6.17. The SMILES string of the molecule is O=C(O)Cc1cc(C(F)F)c(CCl)nc1F. The molecule has 0 aromatic carbocycles. The zero-order valence-corrected chi connectivity index (χ0v) is 8.64. The van der Waals surface area contributed by atoms with Crippen LogP contribution in [0.5, 0.6) is 0 Å². The van der Waals surface area contributed by atoms with Gasteiger partial charge in [0.15, 0.2) is 0 Å². The first-order valence-electron chi connectivity index (χ1n) is 4.19. The molecule has 0 aliphatic rings. The van der Waals surface area contributed by atoms with Gasteiger partial charge in [-0.15, -0.1) is 11.6 Å². The molecule has 0 saturated heterocycles. The van der Waals surface area contributed by atoms with Gasteiger partial charge in [-0.2, -0.15) is 4.39 Å². The fourth-order valence-corrected chi connectivity index (χ4v) is 1.38. The zero-order valence-electron chi connectivity index (χ0n) is 7.88. The quantitative estimate of drug-likeness (QED) is 0.663. The van der Waals surface area contributed by atoms with Crippen LogP contribution >= 0.6 is 11.6 Å². The normalized spacial score (nSPS) is 10.8. The van der Waals surface area contributed by atoms with E-state index < -0.39 is 30.3 Å². The molecular formula is C9H7ClF3NO2. The van der Waals surface area contributed by atoms with Crippen molar-refractivity contribution in [2.45, 2.75) is 18.7 Å². The van der Waals surface area contributed by atoms with Crippen LogP contribution < -0.4 is 0 Å². The van der Waals surface area contributed by atoms with Gasteiger partial charge >= 0.3 is 5.97 Å². The van der Waals surface area contributed by atoms with Gasteiger partial charge < -0.3 is 5.11 Å². The molecule has 0 saturated carbocycles. The molecule has 1 rings (SSSR count). The largest absolute Gasteiger partial charge is 0.481 e. The smallest absolute Gasteiger partial charge is 0.307 e. The summed E-state index contributed by atoms with van der Waals surface area (Å²) in [5, 5.41) is 8.44. The topological polar surface area (TPSA) is 50.2 Å². The van der Waals surface area contributed by atoms with Gasteiger partial charge in [0, 0.05) is 11.1 Å². The monoisotopic (exact) mass is 253 g/mol. The van der Waals surface area contributed by atoms with E-state index >= 15 is 0 Å². The maximum absolute atomic E-state index is 13.2. The minimum atomic E-state index is -2.87. The number of rotatable bonds is 4. The fraction of sp³-hybridized carbons (Fsp3) is 0.333. The van der Waals surface area contributed by atoms with E-state index in [1.165, 1.54) is 0 Å². The molecule has 1 heterocycles. The van der Waals surface area contributed by atoms with E-state index in [0.29, 0.717) is 0 Å². The van der Waals surface area contributed by atoms with Gasteiger partial charge in [-0.25, -0.2) is 13.8 Å². The number of aromatic nitrogens is 1. The first-order chi connectivity index (χ1) is 7.45. The predicted octanol–water partition coefficient (Wildman–Crippen LogP) is 2.52. The van der Waals surface area contributed by atoms with Crippen LogP contribution in [0, 0.1) is 5.95 Å². The Morgan fingerprint density at radius 2 is 2.19 bits per heavy atom. The average molecular weight is 254 g/mol. The van der Waals surface area contributed by atoms with E-state index in [4.69, 9.17) is 16.7 Å². The van der Waals surface area contributed by atoms with Crippen molar-refractivity contribution in [3.8, 4) is 0 Å². The molecule has 0 atom stereocenters. The molecule has 1 N–H and O–H groups in total. The summed E-state index contributed by atoms with van der Waals surface area (Å²) in [7, 11) is 0. The first kappa shape index (κ1) is 12.8. The number of carbonyl (C=O) groups is 1. The molecule has 0 spiro atoms. The predicted molar refractivity (Wildman–Crippen MR) is 50.0 cm³/mol. The number of halogens is 4. The van der Waals surface area contributed by atoms with E-state index in [1.807, 2.05) is 0 Å². The number of alkyl halides is 3. The lowest BCUT2D eigenvalue weighted by molar-refractivity contribution is -0.136. The molecule has 0 aliphatic heterocycles. The summed E-state index contributed by atoms with van der Waals surface area (Å²) in [6.45, 7) is 0. The van der Waals surface area contributed by atoms with Crippen LogP contribution in [0.25, 0.3) is 0 Å². The van der Waals surface area contributed by atoms with Crippen molar-refractivity contribution in [3.05, 3.63) is 28.8 Å². The first-order valence-corrected chi connectivity index (χ1v) is 4.73. The Bertz CT molecular complexity index is 412. The Balaban J connectivity index is 3.21. The molecule has 0 bridgehead atoms. The summed E-state index contributed by atoms with van der Waals surface area (Å²) < 4.78 is 38.2. The Labute approximate surface area is 93.9 Å². The molecule has 3 nitrogen and oxygen atoms in total. The highest BCUT2D eigenvalue weighted by Crippen LogP contribution is 2.25. The van der Waals surface area contributed by atoms with Crippen molar-refractivity contribution in [3.63, 3.8) is 0 Å². The second kappa shape index (κ2) is 5.16. The van der Waals surface area contributed by atoms with Crippen LogP contribution in [0.1, 0.15) is 23.2 Å². The fourth-order valence-electron chi connectivity index (χ4n) is 1.17. The summed E-state index contributed by atoms with van der Waals surface area (Å²) in [5.74, 6) is -2.76. The van der Waals surface area contributed by atoms with E-state index in [9.17, 15) is 18.0 Å². The summed E-state index contributed by atoms with van der Waals surface area (Å²) in [6.07, 6.45) is -3.56. The molecule has 0 amide bonds. The number of nitrogens with zero attached hydrogens (tertiary/aromatic N) is 1. The van der Waals surface area contributed by atoms with Crippen LogP contribution in [-0.2, 0) is 17.1 Å². The van der Waals surface area contributed by atoms with Crippen molar-refractivity contribution in [2.75, 3.05) is 0 Å². The number of carboxylic acids is 1. The van der Waals surface area contributed by atoms with Gasteiger partial charge in [0.25, 0.3) is 6.43 Å². The molecule has 88 valence electrons. The van der Waals surface area contributed by atoms with E-state index in [1.54, 1.807) is 0 Å². The Hall–Kier alpha value is -1.30. The molecule has 7 heteroatoms. The Morgan fingerprint density at radius 1 is 1.56 bits per heavy atom. The summed E-state index contributed by atoms with van der Waals surface area (Å²) >= 11 is 5.33. The third kappa shape index (κ3) is 2.85. The van der Waals surface area contributed by atoms with Gasteiger partial charge in [-0.1, -0.05) is 0 Å². The molecule has 1 aromatic heterocycles. The van der Waals surface area contributed by atoms with Crippen molar-refractivity contribution < 1.29 is 23.1 Å². The van der Waals surface area contributed by atoms with Gasteiger partial charge in [0.1, 0.15) is 0 Å². The third-order valence-electron chi connectivity index (χ3n) is 1.86. The lowest BCUT2D eigenvalue weighted by Gasteiger charge is -2.08. The molecule has 0 radical (unpaired) electrons. The summed E-state index contributed by atoms with van der Waals surface area (Å²) in [6, 6.07) is 0.791. The van der Waals surface area contributed by atoms with Crippen molar-refractivity contribution in [2.24, 2.45) is 0 Å². The zero-order chi connectivity index (χ0) is 12.3.